The number of hydrogen-bond acceptors (Lipinski definition) is 5. The topological polar surface area (TPSA) is 87.8 Å². The van der Waals surface area contributed by atoms with Gasteiger partial charge in [-0.2, -0.15) is 0 Å². The quantitative estimate of drug-likeness (QED) is 0.851. The third kappa shape index (κ3) is 3.22. The number of fused-ring (bicyclic) bond motifs is 1. The summed E-state index contributed by atoms with van der Waals surface area (Å²) in [5.74, 6) is 0.902. The van der Waals surface area contributed by atoms with E-state index in [9.17, 15) is 9.59 Å². The lowest BCUT2D eigenvalue weighted by molar-refractivity contribution is -0.119. The molecule has 0 aliphatic carbocycles. The van der Waals surface area contributed by atoms with Crippen LogP contribution in [0.5, 0.6) is 17.2 Å². The van der Waals surface area contributed by atoms with Gasteiger partial charge in [-0.15, -0.1) is 0 Å². The molecule has 0 radical (unpaired) electrons. The number of rotatable bonds is 5. The highest BCUT2D eigenvalue weighted by atomic mass is 16.5. The van der Waals surface area contributed by atoms with E-state index >= 15 is 0 Å². The summed E-state index contributed by atoms with van der Waals surface area (Å²) in [6, 6.07) is 12.0. The van der Waals surface area contributed by atoms with Gasteiger partial charge in [-0.3, -0.25) is 9.59 Å². The van der Waals surface area contributed by atoms with Crippen molar-refractivity contribution in [2.75, 3.05) is 13.7 Å². The van der Waals surface area contributed by atoms with Gasteiger partial charge in [0, 0.05) is 6.07 Å². The molecule has 0 aromatic heterocycles. The summed E-state index contributed by atoms with van der Waals surface area (Å²) in [4.78, 5) is 23.2. The lowest BCUT2D eigenvalue weighted by Crippen LogP contribution is -2.19. The molecule has 0 spiro atoms. The standard InChI is InChI=1S/C18H15NO5/c1-22-12-4-2-3-11(7-12)8-16-18(21)14-6-5-13(9-15(14)24-16)23-10-17(19)20/h2-9H,10H2,1H3,(H2,19,20). The van der Waals surface area contributed by atoms with Crippen LogP contribution in [-0.4, -0.2) is 25.4 Å². The van der Waals surface area contributed by atoms with Crippen LogP contribution in [0.1, 0.15) is 15.9 Å². The largest absolute Gasteiger partial charge is 0.497 e. The molecule has 0 atom stereocenters. The minimum Gasteiger partial charge on any atom is -0.497 e. The van der Waals surface area contributed by atoms with Crippen molar-refractivity contribution in [3.05, 3.63) is 59.4 Å². The molecule has 1 amide bonds. The zero-order valence-corrected chi connectivity index (χ0v) is 12.9. The van der Waals surface area contributed by atoms with E-state index in [2.05, 4.69) is 0 Å². The van der Waals surface area contributed by atoms with Crippen LogP contribution in [0.15, 0.2) is 48.2 Å². The van der Waals surface area contributed by atoms with Gasteiger partial charge in [0.2, 0.25) is 5.78 Å². The van der Waals surface area contributed by atoms with E-state index in [1.807, 2.05) is 18.2 Å². The van der Waals surface area contributed by atoms with Crippen molar-refractivity contribution in [2.24, 2.45) is 5.73 Å². The smallest absolute Gasteiger partial charge is 0.255 e. The third-order valence-corrected chi connectivity index (χ3v) is 3.41. The molecule has 3 rings (SSSR count). The molecule has 0 saturated heterocycles. The Morgan fingerprint density at radius 1 is 1.21 bits per heavy atom. The van der Waals surface area contributed by atoms with E-state index in [-0.39, 0.29) is 18.1 Å². The minimum absolute atomic E-state index is 0.213. The highest BCUT2D eigenvalue weighted by Crippen LogP contribution is 2.35. The van der Waals surface area contributed by atoms with Crippen molar-refractivity contribution in [2.45, 2.75) is 0 Å². The summed E-state index contributed by atoms with van der Waals surface area (Å²) < 4.78 is 16.0. The number of carbonyl (C=O) groups excluding carboxylic acids is 2. The van der Waals surface area contributed by atoms with Crippen molar-refractivity contribution < 1.29 is 23.8 Å². The van der Waals surface area contributed by atoms with Crippen LogP contribution in [0.3, 0.4) is 0 Å². The van der Waals surface area contributed by atoms with Crippen molar-refractivity contribution >= 4 is 17.8 Å². The predicted octanol–water partition coefficient (Wildman–Crippen LogP) is 2.18. The Bertz CT molecular complexity index is 841. The summed E-state index contributed by atoms with van der Waals surface area (Å²) in [6.45, 7) is -0.237. The molecule has 6 nitrogen and oxygen atoms in total. The maximum absolute atomic E-state index is 12.4. The first-order valence-electron chi connectivity index (χ1n) is 7.20. The number of benzene rings is 2. The van der Waals surface area contributed by atoms with Crippen molar-refractivity contribution in [3.63, 3.8) is 0 Å². The fraction of sp³-hybridized carbons (Fsp3) is 0.111. The van der Waals surface area contributed by atoms with Crippen LogP contribution in [0.25, 0.3) is 6.08 Å². The van der Waals surface area contributed by atoms with Gasteiger partial charge < -0.3 is 19.9 Å². The molecule has 1 aliphatic rings. The van der Waals surface area contributed by atoms with Gasteiger partial charge in [-0.05, 0) is 35.9 Å². The summed E-state index contributed by atoms with van der Waals surface area (Å²) in [6.07, 6.45) is 1.65. The van der Waals surface area contributed by atoms with E-state index in [0.29, 0.717) is 22.8 Å². The van der Waals surface area contributed by atoms with Gasteiger partial charge in [0.05, 0.1) is 12.7 Å². The van der Waals surface area contributed by atoms with Crippen molar-refractivity contribution in [1.82, 2.24) is 0 Å². The average Bonchev–Trinajstić information content (AvgIpc) is 2.88. The molecule has 1 aliphatic heterocycles. The second kappa shape index (κ2) is 6.45. The van der Waals surface area contributed by atoms with Gasteiger partial charge in [0.25, 0.3) is 5.91 Å². The number of Topliss-reactive ketones (excluding diaryl/α,β-unsaturated/α-hetero) is 1. The third-order valence-electron chi connectivity index (χ3n) is 3.41. The number of methoxy groups -OCH3 is 1. The Hall–Kier alpha value is -3.28. The molecule has 0 fully saturated rings. The van der Waals surface area contributed by atoms with Gasteiger partial charge in [0.15, 0.2) is 12.4 Å². The lowest BCUT2D eigenvalue weighted by atomic mass is 10.1. The maximum Gasteiger partial charge on any atom is 0.255 e. The molecular weight excluding hydrogens is 310 g/mol. The monoisotopic (exact) mass is 325 g/mol. The number of amides is 1. The SMILES string of the molecule is COc1cccc(C=C2Oc3cc(OCC(N)=O)ccc3C2=O)c1. The fourth-order valence-electron chi connectivity index (χ4n) is 2.29. The van der Waals surface area contributed by atoms with E-state index in [1.165, 1.54) is 0 Å². The highest BCUT2D eigenvalue weighted by molar-refractivity contribution is 6.14. The second-order valence-corrected chi connectivity index (χ2v) is 5.13. The molecule has 0 bridgehead atoms. The van der Waals surface area contributed by atoms with Crippen LogP contribution in [0.4, 0.5) is 0 Å². The summed E-state index contributed by atoms with van der Waals surface area (Å²) in [5, 5.41) is 0. The van der Waals surface area contributed by atoms with Crippen LogP contribution in [0.2, 0.25) is 0 Å². The Balaban J connectivity index is 1.84. The lowest BCUT2D eigenvalue weighted by Gasteiger charge is -2.04. The Morgan fingerprint density at radius 3 is 2.79 bits per heavy atom. The molecule has 122 valence electrons. The van der Waals surface area contributed by atoms with Crippen molar-refractivity contribution in [3.8, 4) is 17.2 Å². The zero-order valence-electron chi connectivity index (χ0n) is 12.9. The van der Waals surface area contributed by atoms with E-state index in [0.717, 1.165) is 5.56 Å². The molecule has 1 heterocycles. The van der Waals surface area contributed by atoms with Gasteiger partial charge >= 0.3 is 0 Å². The normalized spacial score (nSPS) is 14.2. The van der Waals surface area contributed by atoms with Crippen LogP contribution in [-0.2, 0) is 4.79 Å². The zero-order chi connectivity index (χ0) is 17.1. The number of ether oxygens (including phenoxy) is 3. The van der Waals surface area contributed by atoms with Crippen LogP contribution in [0, 0.1) is 0 Å². The van der Waals surface area contributed by atoms with Gasteiger partial charge in [-0.25, -0.2) is 0 Å². The fourth-order valence-corrected chi connectivity index (χ4v) is 2.29. The summed E-state index contributed by atoms with van der Waals surface area (Å²) >= 11 is 0. The van der Waals surface area contributed by atoms with E-state index < -0.39 is 5.91 Å². The van der Waals surface area contributed by atoms with Crippen molar-refractivity contribution in [1.29, 1.82) is 0 Å². The molecule has 6 heteroatoms. The molecule has 2 N–H and O–H groups in total. The first-order valence-corrected chi connectivity index (χ1v) is 7.20. The Kier molecular flexibility index (Phi) is 4.20. The molecular formula is C18H15NO5. The van der Waals surface area contributed by atoms with E-state index in [1.54, 1.807) is 37.5 Å². The second-order valence-electron chi connectivity index (χ2n) is 5.13. The summed E-state index contributed by atoms with van der Waals surface area (Å²) in [7, 11) is 1.58. The Morgan fingerprint density at radius 2 is 2.04 bits per heavy atom. The molecule has 2 aromatic carbocycles. The molecule has 0 saturated carbocycles. The highest BCUT2D eigenvalue weighted by Gasteiger charge is 2.27. The maximum atomic E-state index is 12.4. The van der Waals surface area contributed by atoms with Crippen LogP contribution < -0.4 is 19.9 Å². The number of carbonyl (C=O) groups is 2. The first-order chi connectivity index (χ1) is 11.6. The van der Waals surface area contributed by atoms with Gasteiger partial charge in [0.1, 0.15) is 17.2 Å². The number of hydrogen-bond donors (Lipinski definition) is 1. The summed E-state index contributed by atoms with van der Waals surface area (Å²) in [5.41, 5.74) is 6.27. The number of allylic oxidation sites excluding steroid dienone is 1. The average molecular weight is 325 g/mol. The van der Waals surface area contributed by atoms with Crippen LogP contribution >= 0.6 is 0 Å². The molecule has 0 unspecified atom stereocenters. The minimum atomic E-state index is -0.578. The molecule has 2 aromatic rings. The van der Waals surface area contributed by atoms with Gasteiger partial charge in [-0.1, -0.05) is 12.1 Å². The van der Waals surface area contributed by atoms with E-state index in [4.69, 9.17) is 19.9 Å². The predicted molar refractivity (Wildman–Crippen MR) is 87.1 cm³/mol. The molecule has 24 heavy (non-hydrogen) atoms. The number of nitrogens with two attached hydrogens (primary N) is 1. The Labute approximate surface area is 138 Å². The first kappa shape index (κ1) is 15.6. The number of primary amides is 1. The number of ketones is 1.